The molecule has 0 aliphatic carbocycles. The Bertz CT molecular complexity index is 554. The monoisotopic (exact) mass is 287 g/mol. The van der Waals surface area contributed by atoms with Crippen molar-refractivity contribution in [2.24, 2.45) is 0 Å². The minimum Gasteiger partial charge on any atom is -0.385 e. The molecule has 0 saturated carbocycles. The van der Waals surface area contributed by atoms with Gasteiger partial charge in [-0.2, -0.15) is 0 Å². The molecular formula is C15H14BrN. The summed E-state index contributed by atoms with van der Waals surface area (Å²) in [5.74, 6) is 2.64. The van der Waals surface area contributed by atoms with E-state index in [0.29, 0.717) is 0 Å². The zero-order valence-corrected chi connectivity index (χ0v) is 11.1. The smallest absolute Gasteiger partial charge is 0.0346 e. The van der Waals surface area contributed by atoms with Crippen molar-refractivity contribution in [2.75, 3.05) is 11.9 Å². The van der Waals surface area contributed by atoms with Crippen LogP contribution < -0.4 is 5.32 Å². The lowest BCUT2D eigenvalue weighted by Gasteiger charge is -2.07. The molecule has 17 heavy (non-hydrogen) atoms. The molecule has 2 aromatic rings. The molecule has 0 aromatic heterocycles. The lowest BCUT2D eigenvalue weighted by molar-refractivity contribution is 0.907. The fourth-order valence-corrected chi connectivity index (χ4v) is 2.13. The van der Waals surface area contributed by atoms with E-state index in [9.17, 15) is 0 Å². The van der Waals surface area contributed by atoms with E-state index in [4.69, 9.17) is 6.42 Å². The van der Waals surface area contributed by atoms with E-state index < -0.39 is 0 Å². The molecule has 1 N–H and O–H groups in total. The Morgan fingerprint density at radius 1 is 1.12 bits per heavy atom. The van der Waals surface area contributed by atoms with E-state index in [-0.39, 0.29) is 0 Å². The van der Waals surface area contributed by atoms with Gasteiger partial charge < -0.3 is 5.32 Å². The minimum atomic E-state index is 0.827. The van der Waals surface area contributed by atoms with Crippen LogP contribution in [-0.2, 0) is 0 Å². The van der Waals surface area contributed by atoms with Crippen molar-refractivity contribution in [3.63, 3.8) is 0 Å². The zero-order valence-electron chi connectivity index (χ0n) is 9.54. The molecule has 0 atom stereocenters. The van der Waals surface area contributed by atoms with E-state index in [2.05, 4.69) is 63.6 Å². The number of terminal acetylenes is 1. The molecule has 0 radical (unpaired) electrons. The summed E-state index contributed by atoms with van der Waals surface area (Å²) in [5.41, 5.74) is 1.15. The number of unbranched alkanes of at least 4 members (excludes halogenated alkanes) is 1. The molecule has 0 aliphatic heterocycles. The number of hydrogen-bond acceptors (Lipinski definition) is 1. The van der Waals surface area contributed by atoms with Crippen molar-refractivity contribution in [3.8, 4) is 12.3 Å². The van der Waals surface area contributed by atoms with Crippen LogP contribution in [0.3, 0.4) is 0 Å². The van der Waals surface area contributed by atoms with Crippen molar-refractivity contribution < 1.29 is 0 Å². The van der Waals surface area contributed by atoms with Crippen LogP contribution in [0.15, 0.2) is 40.9 Å². The van der Waals surface area contributed by atoms with Gasteiger partial charge in [0.15, 0.2) is 0 Å². The molecule has 86 valence electrons. The largest absolute Gasteiger partial charge is 0.385 e. The summed E-state index contributed by atoms with van der Waals surface area (Å²) in [7, 11) is 0. The number of anilines is 1. The summed E-state index contributed by atoms with van der Waals surface area (Å²) < 4.78 is 1.11. The van der Waals surface area contributed by atoms with Gasteiger partial charge in [-0.3, -0.25) is 0 Å². The molecule has 0 amide bonds. The molecule has 0 heterocycles. The van der Waals surface area contributed by atoms with E-state index in [1.165, 1.54) is 10.8 Å². The fourth-order valence-electron chi connectivity index (χ4n) is 1.75. The van der Waals surface area contributed by atoms with Gasteiger partial charge in [0.25, 0.3) is 0 Å². The average molecular weight is 288 g/mol. The Balaban J connectivity index is 2.10. The molecule has 0 spiro atoms. The molecule has 2 rings (SSSR count). The van der Waals surface area contributed by atoms with E-state index in [1.807, 2.05) is 0 Å². The normalized spacial score (nSPS) is 10.1. The maximum absolute atomic E-state index is 5.21. The van der Waals surface area contributed by atoms with Crippen LogP contribution in [0, 0.1) is 12.3 Å². The van der Waals surface area contributed by atoms with E-state index >= 15 is 0 Å². The van der Waals surface area contributed by atoms with Gasteiger partial charge in [0.1, 0.15) is 0 Å². The first-order valence-corrected chi connectivity index (χ1v) is 6.45. The summed E-state index contributed by atoms with van der Waals surface area (Å²) >= 11 is 3.48. The quantitative estimate of drug-likeness (QED) is 0.648. The van der Waals surface area contributed by atoms with Gasteiger partial charge in [0.05, 0.1) is 0 Å². The molecule has 0 bridgehead atoms. The van der Waals surface area contributed by atoms with Crippen molar-refractivity contribution in [1.29, 1.82) is 0 Å². The Hall–Kier alpha value is -1.46. The average Bonchev–Trinajstić information content (AvgIpc) is 2.35. The number of halogens is 1. The first-order chi connectivity index (χ1) is 8.29. The van der Waals surface area contributed by atoms with Gasteiger partial charge in [-0.15, -0.1) is 12.3 Å². The first-order valence-electron chi connectivity index (χ1n) is 5.66. The van der Waals surface area contributed by atoms with Crippen molar-refractivity contribution in [3.05, 3.63) is 40.9 Å². The van der Waals surface area contributed by atoms with Crippen molar-refractivity contribution >= 4 is 32.4 Å². The second kappa shape index (κ2) is 5.75. The van der Waals surface area contributed by atoms with Gasteiger partial charge in [0.2, 0.25) is 0 Å². The second-order valence-corrected chi connectivity index (χ2v) is 4.86. The molecule has 2 aromatic carbocycles. The molecule has 0 saturated heterocycles. The van der Waals surface area contributed by atoms with Gasteiger partial charge in [-0.05, 0) is 41.5 Å². The maximum atomic E-state index is 5.21. The lowest BCUT2D eigenvalue weighted by atomic mass is 10.1. The van der Waals surface area contributed by atoms with Crippen molar-refractivity contribution in [2.45, 2.75) is 12.8 Å². The third kappa shape index (κ3) is 3.25. The highest BCUT2D eigenvalue weighted by Crippen LogP contribution is 2.22. The predicted octanol–water partition coefficient (Wildman–Crippen LogP) is 4.43. The Kier molecular flexibility index (Phi) is 4.06. The summed E-state index contributed by atoms with van der Waals surface area (Å²) in [6.45, 7) is 0.923. The SMILES string of the molecule is C#CCCCNc1ccc2cc(Br)ccc2c1. The lowest BCUT2D eigenvalue weighted by Crippen LogP contribution is -2.00. The Morgan fingerprint density at radius 3 is 2.71 bits per heavy atom. The fraction of sp³-hybridized carbons (Fsp3) is 0.200. The number of benzene rings is 2. The number of hydrogen-bond donors (Lipinski definition) is 1. The Morgan fingerprint density at radius 2 is 1.88 bits per heavy atom. The molecule has 0 fully saturated rings. The summed E-state index contributed by atoms with van der Waals surface area (Å²) in [6, 6.07) is 12.7. The first kappa shape index (κ1) is 12.0. The van der Waals surface area contributed by atoms with Gasteiger partial charge >= 0.3 is 0 Å². The van der Waals surface area contributed by atoms with Crippen LogP contribution in [0.2, 0.25) is 0 Å². The second-order valence-electron chi connectivity index (χ2n) is 3.94. The standard InChI is InChI=1S/C15H14BrN/c1-2-3-4-9-17-15-8-6-12-10-14(16)7-5-13(12)11-15/h1,5-8,10-11,17H,3-4,9H2. The number of nitrogens with one attached hydrogen (secondary N) is 1. The molecule has 0 aliphatic rings. The number of fused-ring (bicyclic) bond motifs is 1. The molecular weight excluding hydrogens is 274 g/mol. The zero-order chi connectivity index (χ0) is 12.1. The van der Waals surface area contributed by atoms with Crippen LogP contribution in [0.5, 0.6) is 0 Å². The third-order valence-corrected chi connectivity index (χ3v) is 3.12. The summed E-state index contributed by atoms with van der Waals surface area (Å²) in [5, 5.41) is 5.87. The van der Waals surface area contributed by atoms with Crippen molar-refractivity contribution in [1.82, 2.24) is 0 Å². The van der Waals surface area contributed by atoms with Crippen LogP contribution in [0.4, 0.5) is 5.69 Å². The molecule has 1 nitrogen and oxygen atoms in total. The highest BCUT2D eigenvalue weighted by Gasteiger charge is 1.97. The molecule has 0 unspecified atom stereocenters. The highest BCUT2D eigenvalue weighted by atomic mass is 79.9. The Labute approximate surface area is 110 Å². The van der Waals surface area contributed by atoms with Gasteiger partial charge in [-0.1, -0.05) is 28.1 Å². The van der Waals surface area contributed by atoms with Gasteiger partial charge in [0, 0.05) is 23.1 Å². The van der Waals surface area contributed by atoms with E-state index in [0.717, 1.165) is 29.5 Å². The molecule has 2 heteroatoms. The minimum absolute atomic E-state index is 0.827. The topological polar surface area (TPSA) is 12.0 Å². The van der Waals surface area contributed by atoms with Crippen LogP contribution in [0.1, 0.15) is 12.8 Å². The van der Waals surface area contributed by atoms with E-state index in [1.54, 1.807) is 0 Å². The van der Waals surface area contributed by atoms with Gasteiger partial charge in [-0.25, -0.2) is 0 Å². The summed E-state index contributed by atoms with van der Waals surface area (Å²) in [4.78, 5) is 0. The predicted molar refractivity (Wildman–Crippen MR) is 78.2 cm³/mol. The van der Waals surface area contributed by atoms with Crippen LogP contribution in [0.25, 0.3) is 10.8 Å². The third-order valence-electron chi connectivity index (χ3n) is 2.63. The van der Waals surface area contributed by atoms with Crippen LogP contribution >= 0.6 is 15.9 Å². The maximum Gasteiger partial charge on any atom is 0.0346 e. The van der Waals surface area contributed by atoms with Crippen LogP contribution in [-0.4, -0.2) is 6.54 Å². The summed E-state index contributed by atoms with van der Waals surface area (Å²) in [6.07, 6.45) is 7.05. The highest BCUT2D eigenvalue weighted by molar-refractivity contribution is 9.10. The number of rotatable bonds is 4.